The minimum atomic E-state index is -0.857. The van der Waals surface area contributed by atoms with Crippen molar-refractivity contribution in [1.82, 2.24) is 15.6 Å². The molecular formula is C20H27BrN4O6. The molecule has 1 fully saturated rings. The summed E-state index contributed by atoms with van der Waals surface area (Å²) in [7, 11) is 1.47. The van der Waals surface area contributed by atoms with Crippen molar-refractivity contribution in [3.63, 3.8) is 0 Å². The molecule has 2 N–H and O–H groups in total. The van der Waals surface area contributed by atoms with Gasteiger partial charge in [0.2, 0.25) is 0 Å². The molecule has 0 aliphatic carbocycles. The molecule has 1 aliphatic rings. The van der Waals surface area contributed by atoms with Crippen molar-refractivity contribution in [3.05, 3.63) is 22.2 Å². The van der Waals surface area contributed by atoms with E-state index < -0.39 is 11.8 Å². The molecule has 1 aromatic rings. The van der Waals surface area contributed by atoms with E-state index in [-0.39, 0.29) is 18.6 Å². The highest BCUT2D eigenvalue weighted by Crippen LogP contribution is 2.36. The van der Waals surface area contributed by atoms with Crippen LogP contribution >= 0.6 is 15.9 Å². The second-order valence-electron chi connectivity index (χ2n) is 6.80. The second-order valence-corrected chi connectivity index (χ2v) is 7.65. The van der Waals surface area contributed by atoms with Gasteiger partial charge in [0.25, 0.3) is 5.91 Å². The van der Waals surface area contributed by atoms with Gasteiger partial charge in [-0.15, -0.1) is 0 Å². The Morgan fingerprint density at radius 1 is 1.29 bits per heavy atom. The van der Waals surface area contributed by atoms with Crippen LogP contribution in [-0.4, -0.2) is 74.9 Å². The molecule has 1 aromatic carbocycles. The summed E-state index contributed by atoms with van der Waals surface area (Å²) in [6.07, 6.45) is 2.08. The van der Waals surface area contributed by atoms with Crippen LogP contribution in [0.2, 0.25) is 0 Å². The molecule has 3 amide bonds. The summed E-state index contributed by atoms with van der Waals surface area (Å²) >= 11 is 3.40. The number of benzene rings is 1. The molecule has 1 aliphatic heterocycles. The highest BCUT2D eigenvalue weighted by Gasteiger charge is 2.19. The lowest BCUT2D eigenvalue weighted by atomic mass is 10.2. The number of halogens is 1. The van der Waals surface area contributed by atoms with Gasteiger partial charge in [0.15, 0.2) is 18.1 Å². The van der Waals surface area contributed by atoms with Gasteiger partial charge in [-0.2, -0.15) is 5.10 Å². The molecule has 1 heterocycles. The summed E-state index contributed by atoms with van der Waals surface area (Å²) in [5.41, 5.74) is 2.76. The molecule has 0 radical (unpaired) electrons. The van der Waals surface area contributed by atoms with Crippen LogP contribution in [-0.2, 0) is 19.1 Å². The summed E-state index contributed by atoms with van der Waals surface area (Å²) < 4.78 is 16.8. The van der Waals surface area contributed by atoms with E-state index >= 15 is 0 Å². The van der Waals surface area contributed by atoms with Crippen molar-refractivity contribution in [1.29, 1.82) is 0 Å². The maximum atomic E-state index is 12.3. The third kappa shape index (κ3) is 7.51. The quantitative estimate of drug-likeness (QED) is 0.314. The number of morpholine rings is 1. The van der Waals surface area contributed by atoms with Crippen LogP contribution in [0, 0.1) is 0 Å². The number of carbonyl (C=O) groups excluding carboxylic acids is 3. The SMILES string of the molecule is CC[C@@H](C)NC(=O)C(=O)N/N=C\c1cc(Br)c(OCC(=O)N2CCOCC2)c(OC)c1. The highest BCUT2D eigenvalue weighted by molar-refractivity contribution is 9.10. The number of hydrogen-bond donors (Lipinski definition) is 2. The minimum absolute atomic E-state index is 0.106. The van der Waals surface area contributed by atoms with Crippen molar-refractivity contribution < 1.29 is 28.6 Å². The standard InChI is InChI=1S/C20H27BrN4O6/c1-4-13(2)23-19(27)20(28)24-22-11-14-9-15(21)18(16(10-14)29-3)31-12-17(26)25-5-7-30-8-6-25/h9-11,13H,4-8,12H2,1-3H3,(H,23,27)(H,24,28)/b22-11-/t13-/m1/s1. The summed E-state index contributed by atoms with van der Waals surface area (Å²) in [6.45, 7) is 5.68. The van der Waals surface area contributed by atoms with Gasteiger partial charge in [-0.3, -0.25) is 14.4 Å². The second kappa shape index (κ2) is 12.3. The molecule has 0 bridgehead atoms. The maximum absolute atomic E-state index is 12.3. The average molecular weight is 499 g/mol. The van der Waals surface area contributed by atoms with E-state index in [0.29, 0.717) is 54.3 Å². The van der Waals surface area contributed by atoms with Gasteiger partial charge in [-0.1, -0.05) is 6.92 Å². The van der Waals surface area contributed by atoms with Crippen LogP contribution in [0.3, 0.4) is 0 Å². The molecule has 1 saturated heterocycles. The summed E-state index contributed by atoms with van der Waals surface area (Å²) in [4.78, 5) is 37.5. The number of nitrogens with zero attached hydrogens (tertiary/aromatic N) is 2. The lowest BCUT2D eigenvalue weighted by Crippen LogP contribution is -2.43. The molecule has 0 saturated carbocycles. The van der Waals surface area contributed by atoms with E-state index in [1.807, 2.05) is 6.92 Å². The predicted molar refractivity (Wildman–Crippen MR) is 117 cm³/mol. The molecule has 1 atom stereocenters. The molecule has 170 valence electrons. The molecule has 0 spiro atoms. The van der Waals surface area contributed by atoms with E-state index in [0.717, 1.165) is 0 Å². The molecule has 10 nitrogen and oxygen atoms in total. The Hall–Kier alpha value is -2.66. The fourth-order valence-corrected chi connectivity index (χ4v) is 3.17. The summed E-state index contributed by atoms with van der Waals surface area (Å²) in [5, 5.41) is 6.35. The first-order valence-electron chi connectivity index (χ1n) is 9.85. The van der Waals surface area contributed by atoms with Crippen molar-refractivity contribution >= 4 is 39.9 Å². The van der Waals surface area contributed by atoms with Gasteiger partial charge in [-0.05, 0) is 47.0 Å². The van der Waals surface area contributed by atoms with Crippen LogP contribution < -0.4 is 20.2 Å². The third-order valence-electron chi connectivity index (χ3n) is 4.53. The Morgan fingerprint density at radius 3 is 2.65 bits per heavy atom. The van der Waals surface area contributed by atoms with Gasteiger partial charge in [0.05, 0.1) is 31.0 Å². The largest absolute Gasteiger partial charge is 0.493 e. The Morgan fingerprint density at radius 2 is 2.00 bits per heavy atom. The van der Waals surface area contributed by atoms with Gasteiger partial charge >= 0.3 is 11.8 Å². The lowest BCUT2D eigenvalue weighted by molar-refractivity contribution is -0.139. The van der Waals surface area contributed by atoms with Crippen molar-refractivity contribution in [2.24, 2.45) is 5.10 Å². The fraction of sp³-hybridized carbons (Fsp3) is 0.500. The zero-order valence-corrected chi connectivity index (χ0v) is 19.4. The number of amides is 3. The molecule has 0 unspecified atom stereocenters. The predicted octanol–water partition coefficient (Wildman–Crippen LogP) is 1.06. The van der Waals surface area contributed by atoms with Crippen LogP contribution in [0.1, 0.15) is 25.8 Å². The normalized spacial score (nSPS) is 14.8. The van der Waals surface area contributed by atoms with Crippen molar-refractivity contribution in [2.75, 3.05) is 40.0 Å². The molecule has 0 aromatic heterocycles. The Bertz CT molecular complexity index is 826. The van der Waals surface area contributed by atoms with Crippen LogP contribution in [0.4, 0.5) is 0 Å². The number of hydrazone groups is 1. The number of methoxy groups -OCH3 is 1. The van der Waals surface area contributed by atoms with Crippen LogP contribution in [0.5, 0.6) is 11.5 Å². The number of nitrogens with one attached hydrogen (secondary N) is 2. The monoisotopic (exact) mass is 498 g/mol. The highest BCUT2D eigenvalue weighted by atomic mass is 79.9. The smallest absolute Gasteiger partial charge is 0.329 e. The Kier molecular flexibility index (Phi) is 9.73. The van der Waals surface area contributed by atoms with E-state index in [1.54, 1.807) is 24.0 Å². The number of carbonyl (C=O) groups is 3. The lowest BCUT2D eigenvalue weighted by Gasteiger charge is -2.26. The summed E-state index contributed by atoms with van der Waals surface area (Å²) in [5.74, 6) is -0.992. The van der Waals surface area contributed by atoms with E-state index in [2.05, 4.69) is 31.8 Å². The van der Waals surface area contributed by atoms with Gasteiger partial charge < -0.3 is 24.4 Å². The van der Waals surface area contributed by atoms with Gasteiger partial charge in [-0.25, -0.2) is 5.43 Å². The Labute approximate surface area is 189 Å². The fourth-order valence-electron chi connectivity index (χ4n) is 2.60. The first-order valence-corrected chi connectivity index (χ1v) is 10.6. The first kappa shape index (κ1) is 24.6. The van der Waals surface area contributed by atoms with Crippen LogP contribution in [0.25, 0.3) is 0 Å². The van der Waals surface area contributed by atoms with Gasteiger partial charge in [0.1, 0.15) is 0 Å². The summed E-state index contributed by atoms with van der Waals surface area (Å²) in [6, 6.07) is 3.21. The molecule has 11 heteroatoms. The van der Waals surface area contributed by atoms with E-state index in [4.69, 9.17) is 14.2 Å². The van der Waals surface area contributed by atoms with Crippen molar-refractivity contribution in [2.45, 2.75) is 26.3 Å². The Balaban J connectivity index is 1.98. The number of hydrogen-bond acceptors (Lipinski definition) is 7. The van der Waals surface area contributed by atoms with E-state index in [9.17, 15) is 14.4 Å². The maximum Gasteiger partial charge on any atom is 0.329 e. The number of ether oxygens (including phenoxy) is 3. The zero-order valence-electron chi connectivity index (χ0n) is 17.8. The minimum Gasteiger partial charge on any atom is -0.493 e. The number of rotatable bonds is 8. The topological polar surface area (TPSA) is 119 Å². The van der Waals surface area contributed by atoms with E-state index in [1.165, 1.54) is 13.3 Å². The molecule has 31 heavy (non-hydrogen) atoms. The van der Waals surface area contributed by atoms with Crippen molar-refractivity contribution in [3.8, 4) is 11.5 Å². The molecule has 2 rings (SSSR count). The van der Waals surface area contributed by atoms with Gasteiger partial charge in [0, 0.05) is 19.1 Å². The zero-order chi connectivity index (χ0) is 22.8. The average Bonchev–Trinajstić information content (AvgIpc) is 2.78. The molecular weight excluding hydrogens is 472 g/mol. The van der Waals surface area contributed by atoms with Crippen LogP contribution in [0.15, 0.2) is 21.7 Å². The third-order valence-corrected chi connectivity index (χ3v) is 5.12. The first-order chi connectivity index (χ1) is 14.8.